The highest BCUT2D eigenvalue weighted by Gasteiger charge is 2.11. The second-order valence-corrected chi connectivity index (χ2v) is 3.87. The molecule has 2 heterocycles. The highest BCUT2D eigenvalue weighted by Crippen LogP contribution is 2.17. The van der Waals surface area contributed by atoms with Crippen LogP contribution >= 0.6 is 15.9 Å². The number of amides is 1. The molecule has 0 saturated carbocycles. The molecule has 0 radical (unpaired) electrons. The van der Waals surface area contributed by atoms with E-state index in [4.69, 9.17) is 4.42 Å². The molecule has 1 amide bonds. The number of nitrogens with zero attached hydrogens (tertiary/aromatic N) is 1. The third kappa shape index (κ3) is 2.49. The Hall–Kier alpha value is -1.62. The van der Waals surface area contributed by atoms with Crippen LogP contribution in [0.5, 0.6) is 0 Å². The van der Waals surface area contributed by atoms with Crippen molar-refractivity contribution < 1.29 is 9.21 Å². The summed E-state index contributed by atoms with van der Waals surface area (Å²) < 4.78 is 5.42. The zero-order valence-electron chi connectivity index (χ0n) is 8.31. The molecule has 0 aliphatic rings. The molecule has 4 nitrogen and oxygen atoms in total. The number of furan rings is 1. The second kappa shape index (κ2) is 4.94. The lowest BCUT2D eigenvalue weighted by Gasteiger charge is -2.03. The van der Waals surface area contributed by atoms with E-state index in [9.17, 15) is 4.79 Å². The van der Waals surface area contributed by atoms with E-state index < -0.39 is 0 Å². The first kappa shape index (κ1) is 10.9. The van der Waals surface area contributed by atoms with Crippen LogP contribution in [0.2, 0.25) is 0 Å². The van der Waals surface area contributed by atoms with Gasteiger partial charge in [-0.2, -0.15) is 0 Å². The van der Waals surface area contributed by atoms with Crippen LogP contribution in [-0.2, 0) is 6.54 Å². The van der Waals surface area contributed by atoms with Gasteiger partial charge >= 0.3 is 0 Å². The van der Waals surface area contributed by atoms with Crippen molar-refractivity contribution >= 4 is 21.8 Å². The Morgan fingerprint density at radius 1 is 1.50 bits per heavy atom. The fourth-order valence-electron chi connectivity index (χ4n) is 1.24. The molecule has 2 aromatic heterocycles. The Morgan fingerprint density at radius 3 is 3.00 bits per heavy atom. The average Bonchev–Trinajstić information content (AvgIpc) is 2.74. The van der Waals surface area contributed by atoms with Crippen molar-refractivity contribution in [2.75, 3.05) is 0 Å². The van der Waals surface area contributed by atoms with E-state index in [1.54, 1.807) is 18.5 Å². The average molecular weight is 281 g/mol. The maximum atomic E-state index is 11.7. The van der Waals surface area contributed by atoms with Gasteiger partial charge in [0.15, 0.2) is 4.67 Å². The van der Waals surface area contributed by atoms with E-state index >= 15 is 0 Å². The lowest BCUT2D eigenvalue weighted by Crippen LogP contribution is -2.22. The van der Waals surface area contributed by atoms with Crippen molar-refractivity contribution in [2.45, 2.75) is 6.54 Å². The fraction of sp³-hybridized carbons (Fsp3) is 0.0909. The molecule has 1 N–H and O–H groups in total. The minimum absolute atomic E-state index is 0.176. The Balaban J connectivity index is 1.97. The largest absolute Gasteiger partial charge is 0.457 e. The number of pyridine rings is 1. The van der Waals surface area contributed by atoms with Crippen LogP contribution in [0.3, 0.4) is 0 Å². The Labute approximate surface area is 101 Å². The molecule has 0 aliphatic carbocycles. The van der Waals surface area contributed by atoms with Crippen molar-refractivity contribution in [3.63, 3.8) is 0 Å². The molecular weight excluding hydrogens is 272 g/mol. The predicted molar refractivity (Wildman–Crippen MR) is 61.8 cm³/mol. The summed E-state index contributed by atoms with van der Waals surface area (Å²) in [4.78, 5) is 15.6. The van der Waals surface area contributed by atoms with Crippen LogP contribution in [0.25, 0.3) is 0 Å². The topological polar surface area (TPSA) is 55.1 Å². The standard InChI is InChI=1S/C11H9BrN2O2/c12-10-9(3-5-16-10)11(15)14-7-8-2-1-4-13-6-8/h1-6H,7H2,(H,14,15). The van der Waals surface area contributed by atoms with Gasteiger partial charge in [0, 0.05) is 18.9 Å². The van der Waals surface area contributed by atoms with Gasteiger partial charge in [-0.3, -0.25) is 9.78 Å². The summed E-state index contributed by atoms with van der Waals surface area (Å²) in [5.74, 6) is -0.176. The Bertz CT molecular complexity index is 482. The fourth-order valence-corrected chi connectivity index (χ4v) is 1.66. The molecule has 0 spiro atoms. The Kier molecular flexibility index (Phi) is 3.36. The zero-order valence-corrected chi connectivity index (χ0v) is 9.90. The van der Waals surface area contributed by atoms with Crippen molar-refractivity contribution in [3.05, 3.63) is 52.7 Å². The van der Waals surface area contributed by atoms with Crippen LogP contribution in [-0.4, -0.2) is 10.9 Å². The van der Waals surface area contributed by atoms with E-state index in [-0.39, 0.29) is 5.91 Å². The second-order valence-electron chi connectivity index (χ2n) is 3.15. The minimum atomic E-state index is -0.176. The SMILES string of the molecule is O=C(NCc1cccnc1)c1ccoc1Br. The van der Waals surface area contributed by atoms with E-state index in [0.29, 0.717) is 16.8 Å². The quantitative estimate of drug-likeness (QED) is 0.939. The van der Waals surface area contributed by atoms with E-state index in [1.807, 2.05) is 12.1 Å². The van der Waals surface area contributed by atoms with Gasteiger partial charge in [0.05, 0.1) is 11.8 Å². The summed E-state index contributed by atoms with van der Waals surface area (Å²) in [6, 6.07) is 5.34. The number of carbonyl (C=O) groups excluding carboxylic acids is 1. The van der Waals surface area contributed by atoms with E-state index in [1.165, 1.54) is 6.26 Å². The Morgan fingerprint density at radius 2 is 2.38 bits per heavy atom. The molecule has 0 aromatic carbocycles. The lowest BCUT2D eigenvalue weighted by atomic mass is 10.2. The molecule has 0 aliphatic heterocycles. The summed E-state index contributed by atoms with van der Waals surface area (Å²) in [6.45, 7) is 0.449. The maximum absolute atomic E-state index is 11.7. The molecular formula is C11H9BrN2O2. The molecule has 82 valence electrons. The van der Waals surface area contributed by atoms with Gasteiger partial charge in [-0.1, -0.05) is 6.07 Å². The maximum Gasteiger partial charge on any atom is 0.256 e. The third-order valence-electron chi connectivity index (χ3n) is 2.04. The summed E-state index contributed by atoms with van der Waals surface area (Å²) in [5.41, 5.74) is 1.44. The van der Waals surface area contributed by atoms with Crippen LogP contribution in [0.15, 0.2) is 45.9 Å². The first-order chi connectivity index (χ1) is 7.77. The molecule has 2 rings (SSSR count). The molecule has 16 heavy (non-hydrogen) atoms. The number of halogens is 1. The summed E-state index contributed by atoms with van der Waals surface area (Å²) in [7, 11) is 0. The summed E-state index contributed by atoms with van der Waals surface area (Å²) in [6.07, 6.45) is 4.87. The van der Waals surface area contributed by atoms with Crippen molar-refractivity contribution in [1.82, 2.24) is 10.3 Å². The highest BCUT2D eigenvalue weighted by molar-refractivity contribution is 9.10. The number of nitrogens with one attached hydrogen (secondary N) is 1. The zero-order chi connectivity index (χ0) is 11.4. The third-order valence-corrected chi connectivity index (χ3v) is 2.65. The van der Waals surface area contributed by atoms with Gasteiger partial charge in [0.25, 0.3) is 5.91 Å². The number of rotatable bonds is 3. The minimum Gasteiger partial charge on any atom is -0.457 e. The van der Waals surface area contributed by atoms with E-state index in [0.717, 1.165) is 5.56 Å². The normalized spacial score (nSPS) is 10.1. The molecule has 5 heteroatoms. The molecule has 0 saturated heterocycles. The van der Waals surface area contributed by atoms with Gasteiger partial charge in [0.2, 0.25) is 0 Å². The van der Waals surface area contributed by atoms with Crippen LogP contribution in [0.4, 0.5) is 0 Å². The first-order valence-electron chi connectivity index (χ1n) is 4.67. The number of carbonyl (C=O) groups is 1. The summed E-state index contributed by atoms with van der Waals surface area (Å²) in [5, 5.41) is 2.77. The monoisotopic (exact) mass is 280 g/mol. The number of hydrogen-bond donors (Lipinski definition) is 1. The summed E-state index contributed by atoms with van der Waals surface area (Å²) >= 11 is 3.15. The number of hydrogen-bond acceptors (Lipinski definition) is 3. The lowest BCUT2D eigenvalue weighted by molar-refractivity contribution is 0.0949. The van der Waals surface area contributed by atoms with Gasteiger partial charge in [0.1, 0.15) is 0 Å². The predicted octanol–water partition coefficient (Wildman–Crippen LogP) is 2.37. The number of aromatic nitrogens is 1. The van der Waals surface area contributed by atoms with Gasteiger partial charge < -0.3 is 9.73 Å². The van der Waals surface area contributed by atoms with E-state index in [2.05, 4.69) is 26.2 Å². The first-order valence-corrected chi connectivity index (χ1v) is 5.47. The van der Waals surface area contributed by atoms with Crippen molar-refractivity contribution in [3.8, 4) is 0 Å². The van der Waals surface area contributed by atoms with Gasteiger partial charge in [-0.15, -0.1) is 0 Å². The highest BCUT2D eigenvalue weighted by atomic mass is 79.9. The van der Waals surface area contributed by atoms with Crippen LogP contribution in [0, 0.1) is 0 Å². The van der Waals surface area contributed by atoms with Gasteiger partial charge in [-0.25, -0.2) is 0 Å². The van der Waals surface area contributed by atoms with Crippen molar-refractivity contribution in [1.29, 1.82) is 0 Å². The van der Waals surface area contributed by atoms with Gasteiger partial charge in [-0.05, 0) is 33.6 Å². The molecule has 0 atom stereocenters. The smallest absolute Gasteiger partial charge is 0.256 e. The molecule has 0 unspecified atom stereocenters. The van der Waals surface area contributed by atoms with Crippen LogP contribution in [0.1, 0.15) is 15.9 Å². The molecule has 0 fully saturated rings. The van der Waals surface area contributed by atoms with Crippen LogP contribution < -0.4 is 5.32 Å². The molecule has 0 bridgehead atoms. The molecule has 2 aromatic rings. The van der Waals surface area contributed by atoms with Crippen molar-refractivity contribution in [2.24, 2.45) is 0 Å².